The zero-order chi connectivity index (χ0) is 12.1. The first kappa shape index (κ1) is 11.7. The number of carboxylic acids is 1. The number of nitro benzene ring substituents is 1. The van der Waals surface area contributed by atoms with Crippen molar-refractivity contribution in [2.24, 2.45) is 0 Å². The van der Waals surface area contributed by atoms with E-state index in [4.69, 9.17) is 9.84 Å². The van der Waals surface area contributed by atoms with Crippen LogP contribution in [0.1, 0.15) is 10.4 Å². The van der Waals surface area contributed by atoms with Gasteiger partial charge in [-0.25, -0.2) is 4.79 Å². The molecule has 6 nitrogen and oxygen atoms in total. The van der Waals surface area contributed by atoms with Crippen LogP contribution in [0.5, 0.6) is 5.75 Å². The van der Waals surface area contributed by atoms with Gasteiger partial charge in [-0.2, -0.15) is 0 Å². The first-order chi connectivity index (χ1) is 7.57. The number of hydrogen-bond donors (Lipinski definition) is 1. The van der Waals surface area contributed by atoms with E-state index in [1.165, 1.54) is 18.2 Å². The molecule has 6 heteroatoms. The number of aromatic carboxylic acids is 1. The summed E-state index contributed by atoms with van der Waals surface area (Å²) < 4.78 is 5.04. The molecular formula is C10H9NO5. The number of rotatable bonds is 5. The van der Waals surface area contributed by atoms with E-state index in [0.717, 1.165) is 6.07 Å². The summed E-state index contributed by atoms with van der Waals surface area (Å²) in [4.78, 5) is 20.8. The lowest BCUT2D eigenvalue weighted by molar-refractivity contribution is -0.385. The zero-order valence-electron chi connectivity index (χ0n) is 8.25. The van der Waals surface area contributed by atoms with Gasteiger partial charge in [0.2, 0.25) is 0 Å². The highest BCUT2D eigenvalue weighted by Crippen LogP contribution is 2.28. The smallest absolute Gasteiger partial charge is 0.346 e. The average Bonchev–Trinajstić information content (AvgIpc) is 2.25. The fourth-order valence-electron chi connectivity index (χ4n) is 1.16. The molecule has 0 aliphatic carbocycles. The van der Waals surface area contributed by atoms with Crippen molar-refractivity contribution >= 4 is 11.7 Å². The maximum atomic E-state index is 10.9. The zero-order valence-corrected chi connectivity index (χ0v) is 8.25. The first-order valence-electron chi connectivity index (χ1n) is 4.32. The van der Waals surface area contributed by atoms with Crippen molar-refractivity contribution in [3.8, 4) is 5.75 Å². The Kier molecular flexibility index (Phi) is 3.60. The predicted octanol–water partition coefficient (Wildman–Crippen LogP) is 1.86. The highest BCUT2D eigenvalue weighted by atomic mass is 16.6. The summed E-state index contributed by atoms with van der Waals surface area (Å²) in [6, 6.07) is 3.84. The molecule has 0 unspecified atom stereocenters. The summed E-state index contributed by atoms with van der Waals surface area (Å²) in [7, 11) is 0. The van der Waals surface area contributed by atoms with Crippen LogP contribution in [0.2, 0.25) is 0 Å². The van der Waals surface area contributed by atoms with E-state index in [1.807, 2.05) is 0 Å². The normalized spacial score (nSPS) is 9.50. The summed E-state index contributed by atoms with van der Waals surface area (Å²) in [5, 5.41) is 19.5. The fourth-order valence-corrected chi connectivity index (χ4v) is 1.16. The van der Waals surface area contributed by atoms with Gasteiger partial charge < -0.3 is 9.84 Å². The molecule has 1 aromatic rings. The monoisotopic (exact) mass is 223 g/mol. The van der Waals surface area contributed by atoms with Crippen molar-refractivity contribution in [2.75, 3.05) is 6.61 Å². The molecule has 0 fully saturated rings. The lowest BCUT2D eigenvalue weighted by Crippen LogP contribution is -2.06. The second-order valence-electron chi connectivity index (χ2n) is 2.81. The minimum absolute atomic E-state index is 0.0402. The minimum atomic E-state index is -1.40. The Morgan fingerprint density at radius 1 is 1.62 bits per heavy atom. The minimum Gasteiger partial charge on any atom is -0.488 e. The molecule has 16 heavy (non-hydrogen) atoms. The Labute approximate surface area is 90.9 Å². The molecule has 0 atom stereocenters. The SMILES string of the molecule is C=CCOc1cccc([N+](=O)[O-])c1C(=O)O. The largest absolute Gasteiger partial charge is 0.488 e. The molecule has 0 aliphatic rings. The van der Waals surface area contributed by atoms with Crippen molar-refractivity contribution < 1.29 is 19.6 Å². The summed E-state index contributed by atoms with van der Waals surface area (Å²) in [6.45, 7) is 3.49. The van der Waals surface area contributed by atoms with Gasteiger partial charge >= 0.3 is 5.97 Å². The molecule has 1 aromatic carbocycles. The van der Waals surface area contributed by atoms with E-state index in [-0.39, 0.29) is 12.4 Å². The summed E-state index contributed by atoms with van der Waals surface area (Å²) >= 11 is 0. The number of ether oxygens (including phenoxy) is 1. The molecule has 0 saturated carbocycles. The van der Waals surface area contributed by atoms with Gasteiger partial charge in [0.1, 0.15) is 12.4 Å². The van der Waals surface area contributed by atoms with Crippen LogP contribution in [0.25, 0.3) is 0 Å². The lowest BCUT2D eigenvalue weighted by atomic mass is 10.1. The molecule has 0 spiro atoms. The van der Waals surface area contributed by atoms with Crippen molar-refractivity contribution in [3.63, 3.8) is 0 Å². The van der Waals surface area contributed by atoms with E-state index in [1.54, 1.807) is 0 Å². The molecular weight excluding hydrogens is 214 g/mol. The predicted molar refractivity (Wildman–Crippen MR) is 55.7 cm³/mol. The Morgan fingerprint density at radius 2 is 2.31 bits per heavy atom. The van der Waals surface area contributed by atoms with Crippen LogP contribution < -0.4 is 4.74 Å². The lowest BCUT2D eigenvalue weighted by Gasteiger charge is -2.06. The third-order valence-electron chi connectivity index (χ3n) is 1.77. The number of benzene rings is 1. The van der Waals surface area contributed by atoms with E-state index < -0.39 is 22.1 Å². The van der Waals surface area contributed by atoms with Crippen molar-refractivity contribution in [1.29, 1.82) is 0 Å². The number of nitro groups is 1. The van der Waals surface area contributed by atoms with Crippen LogP contribution in [0.3, 0.4) is 0 Å². The standard InChI is InChI=1S/C10H9NO5/c1-2-6-16-8-5-3-4-7(11(14)15)9(8)10(12)13/h2-5H,1,6H2,(H,12,13). The average molecular weight is 223 g/mol. The van der Waals surface area contributed by atoms with E-state index in [9.17, 15) is 14.9 Å². The molecule has 1 N–H and O–H groups in total. The number of carbonyl (C=O) groups is 1. The third kappa shape index (κ3) is 2.35. The van der Waals surface area contributed by atoms with Gasteiger partial charge in [0.25, 0.3) is 5.69 Å². The van der Waals surface area contributed by atoms with E-state index in [2.05, 4.69) is 6.58 Å². The van der Waals surface area contributed by atoms with Gasteiger partial charge in [0.15, 0.2) is 5.56 Å². The van der Waals surface area contributed by atoms with Crippen LogP contribution in [-0.2, 0) is 0 Å². The topological polar surface area (TPSA) is 89.7 Å². The first-order valence-corrected chi connectivity index (χ1v) is 4.32. The van der Waals surface area contributed by atoms with Gasteiger partial charge in [-0.05, 0) is 6.07 Å². The van der Waals surface area contributed by atoms with Crippen LogP contribution in [0.15, 0.2) is 30.9 Å². The number of hydrogen-bond acceptors (Lipinski definition) is 4. The summed E-state index contributed by atoms with van der Waals surface area (Å²) in [6.07, 6.45) is 1.42. The Balaban J connectivity index is 3.26. The maximum absolute atomic E-state index is 10.9. The van der Waals surface area contributed by atoms with Gasteiger partial charge in [-0.1, -0.05) is 18.7 Å². The quantitative estimate of drug-likeness (QED) is 0.467. The molecule has 0 bridgehead atoms. The van der Waals surface area contributed by atoms with Gasteiger partial charge in [-0.15, -0.1) is 0 Å². The van der Waals surface area contributed by atoms with Gasteiger partial charge in [0.05, 0.1) is 4.92 Å². The third-order valence-corrected chi connectivity index (χ3v) is 1.77. The van der Waals surface area contributed by atoms with Crippen molar-refractivity contribution in [2.45, 2.75) is 0 Å². The second-order valence-corrected chi connectivity index (χ2v) is 2.81. The van der Waals surface area contributed by atoms with Crippen LogP contribution in [0.4, 0.5) is 5.69 Å². The Hall–Kier alpha value is -2.37. The molecule has 0 heterocycles. The molecule has 84 valence electrons. The highest BCUT2D eigenvalue weighted by Gasteiger charge is 2.24. The summed E-state index contributed by atoms with van der Waals surface area (Å²) in [5.74, 6) is -1.44. The molecule has 0 amide bonds. The molecule has 1 rings (SSSR count). The molecule has 0 aliphatic heterocycles. The number of nitrogens with zero attached hydrogens (tertiary/aromatic N) is 1. The van der Waals surface area contributed by atoms with Crippen LogP contribution in [0, 0.1) is 10.1 Å². The van der Waals surface area contributed by atoms with E-state index in [0.29, 0.717) is 0 Å². The second kappa shape index (κ2) is 4.92. The van der Waals surface area contributed by atoms with Gasteiger partial charge in [0, 0.05) is 6.07 Å². The van der Waals surface area contributed by atoms with Crippen molar-refractivity contribution in [3.05, 3.63) is 46.5 Å². The van der Waals surface area contributed by atoms with Crippen LogP contribution in [-0.4, -0.2) is 22.6 Å². The fraction of sp³-hybridized carbons (Fsp3) is 0.100. The molecule has 0 aromatic heterocycles. The Bertz CT molecular complexity index is 441. The maximum Gasteiger partial charge on any atom is 0.346 e. The highest BCUT2D eigenvalue weighted by molar-refractivity contribution is 5.95. The Morgan fingerprint density at radius 3 is 2.81 bits per heavy atom. The van der Waals surface area contributed by atoms with Crippen molar-refractivity contribution in [1.82, 2.24) is 0 Å². The van der Waals surface area contributed by atoms with Gasteiger partial charge in [-0.3, -0.25) is 10.1 Å². The van der Waals surface area contributed by atoms with E-state index >= 15 is 0 Å². The number of carboxylic acid groups (broad SMARTS) is 1. The molecule has 0 saturated heterocycles. The van der Waals surface area contributed by atoms with Crippen LogP contribution >= 0.6 is 0 Å². The molecule has 0 radical (unpaired) electrons. The summed E-state index contributed by atoms with van der Waals surface area (Å²) in [5.41, 5.74) is -0.941.